The van der Waals surface area contributed by atoms with Crippen molar-refractivity contribution in [1.29, 1.82) is 5.26 Å². The lowest BCUT2D eigenvalue weighted by molar-refractivity contribution is 0.242. The van der Waals surface area contributed by atoms with Gasteiger partial charge in [0.15, 0.2) is 0 Å². The highest BCUT2D eigenvalue weighted by molar-refractivity contribution is 5.93. The number of rotatable bonds is 13. The maximum absolute atomic E-state index is 13.6. The summed E-state index contributed by atoms with van der Waals surface area (Å²) in [5, 5.41) is 20.0. The van der Waals surface area contributed by atoms with Crippen LogP contribution in [0.1, 0.15) is 64.4 Å². The molecule has 8 nitrogen and oxygen atoms in total. The summed E-state index contributed by atoms with van der Waals surface area (Å²) in [5.74, 6) is 1.39. The molecule has 2 atom stereocenters. The largest absolute Gasteiger partial charge is 0.367 e. The van der Waals surface area contributed by atoms with Gasteiger partial charge in [-0.25, -0.2) is 9.78 Å². The number of hydrogen-bond donors (Lipinski definition) is 2. The van der Waals surface area contributed by atoms with Crippen molar-refractivity contribution in [3.63, 3.8) is 0 Å². The Kier molecular flexibility index (Phi) is 9.36. The number of pyridine rings is 1. The zero-order chi connectivity index (χ0) is 26.9. The first-order chi connectivity index (χ1) is 18.5. The summed E-state index contributed by atoms with van der Waals surface area (Å²) >= 11 is 0. The predicted molar refractivity (Wildman–Crippen MR) is 152 cm³/mol. The Labute approximate surface area is 226 Å². The molecule has 2 amide bonds. The fourth-order valence-electron chi connectivity index (χ4n) is 4.78. The smallest absolute Gasteiger partial charge is 0.322 e. The molecular weight excluding hydrogens is 474 g/mol. The third kappa shape index (κ3) is 7.34. The first kappa shape index (κ1) is 27.2. The van der Waals surface area contributed by atoms with Gasteiger partial charge in [-0.2, -0.15) is 10.4 Å². The van der Waals surface area contributed by atoms with Crippen molar-refractivity contribution < 1.29 is 4.79 Å². The number of nitrogens with zero attached hydrogens (tertiary/aromatic N) is 5. The number of carbonyl (C=O) groups excluding carboxylic acids is 1. The fourth-order valence-corrected chi connectivity index (χ4v) is 4.78. The highest BCUT2D eigenvalue weighted by Gasteiger charge is 2.28. The van der Waals surface area contributed by atoms with E-state index in [9.17, 15) is 4.79 Å². The topological polar surface area (TPSA) is 98.9 Å². The molecule has 2 aromatic heterocycles. The van der Waals surface area contributed by atoms with E-state index < -0.39 is 0 Å². The SMILES string of the molecule is CCCC(CCC(CC)Nc1ccc(C#N)cn1)N(C(=O)NCC1CC1)c1ccc(-c2cnn(C)c2)cc1. The van der Waals surface area contributed by atoms with Crippen molar-refractivity contribution in [1.82, 2.24) is 20.1 Å². The number of nitriles is 1. The Hall–Kier alpha value is -3.86. The lowest BCUT2D eigenvalue weighted by Crippen LogP contribution is -2.47. The molecule has 2 unspecified atom stereocenters. The molecule has 0 saturated heterocycles. The maximum atomic E-state index is 13.6. The molecule has 8 heteroatoms. The average molecular weight is 514 g/mol. The Morgan fingerprint density at radius 2 is 1.89 bits per heavy atom. The number of anilines is 2. The van der Waals surface area contributed by atoms with Gasteiger partial charge < -0.3 is 10.6 Å². The summed E-state index contributed by atoms with van der Waals surface area (Å²) in [6.45, 7) is 5.08. The molecular formula is C30H39N7O. The molecule has 200 valence electrons. The molecule has 0 spiro atoms. The van der Waals surface area contributed by atoms with Crippen LogP contribution in [-0.2, 0) is 7.05 Å². The van der Waals surface area contributed by atoms with E-state index in [1.165, 1.54) is 12.8 Å². The van der Waals surface area contributed by atoms with E-state index in [2.05, 4.69) is 64.9 Å². The molecule has 4 rings (SSSR count). The van der Waals surface area contributed by atoms with Gasteiger partial charge in [0.05, 0.1) is 11.8 Å². The van der Waals surface area contributed by atoms with Crippen molar-refractivity contribution in [3.05, 3.63) is 60.6 Å². The Balaban J connectivity index is 1.50. The number of urea groups is 1. The van der Waals surface area contributed by atoms with E-state index in [1.54, 1.807) is 16.9 Å². The quantitative estimate of drug-likeness (QED) is 0.287. The van der Waals surface area contributed by atoms with Crippen molar-refractivity contribution in [2.75, 3.05) is 16.8 Å². The van der Waals surface area contributed by atoms with Gasteiger partial charge in [-0.15, -0.1) is 0 Å². The fraction of sp³-hybridized carbons (Fsp3) is 0.467. The Bertz CT molecular complexity index is 1210. The summed E-state index contributed by atoms with van der Waals surface area (Å²) in [6, 6.07) is 14.3. The second-order valence-electron chi connectivity index (χ2n) is 10.3. The first-order valence-electron chi connectivity index (χ1n) is 13.8. The number of aryl methyl sites for hydroxylation is 1. The highest BCUT2D eigenvalue weighted by Crippen LogP contribution is 2.30. The molecule has 1 aliphatic rings. The second-order valence-corrected chi connectivity index (χ2v) is 10.3. The summed E-state index contributed by atoms with van der Waals surface area (Å²) in [7, 11) is 1.91. The first-order valence-corrected chi connectivity index (χ1v) is 13.8. The van der Waals surface area contributed by atoms with Crippen LogP contribution < -0.4 is 15.5 Å². The molecule has 38 heavy (non-hydrogen) atoms. The minimum atomic E-state index is -0.0146. The number of benzene rings is 1. The molecule has 1 aromatic carbocycles. The van der Waals surface area contributed by atoms with Gasteiger partial charge in [0, 0.05) is 49.3 Å². The third-order valence-electron chi connectivity index (χ3n) is 7.21. The van der Waals surface area contributed by atoms with Gasteiger partial charge in [-0.05, 0) is 74.3 Å². The van der Waals surface area contributed by atoms with Gasteiger partial charge in [-0.1, -0.05) is 32.4 Å². The normalized spacial score (nSPS) is 14.4. The van der Waals surface area contributed by atoms with Crippen molar-refractivity contribution in [2.45, 2.75) is 70.9 Å². The Morgan fingerprint density at radius 1 is 1.11 bits per heavy atom. The van der Waals surface area contributed by atoms with Gasteiger partial charge in [0.25, 0.3) is 0 Å². The van der Waals surface area contributed by atoms with Crippen LogP contribution in [0, 0.1) is 17.2 Å². The van der Waals surface area contributed by atoms with Crippen LogP contribution in [0.2, 0.25) is 0 Å². The summed E-state index contributed by atoms with van der Waals surface area (Å²) in [6.07, 6.45) is 12.5. The van der Waals surface area contributed by atoms with E-state index in [1.807, 2.05) is 30.4 Å². The molecule has 3 aromatic rings. The lowest BCUT2D eigenvalue weighted by Gasteiger charge is -2.33. The zero-order valence-corrected chi connectivity index (χ0v) is 22.7. The van der Waals surface area contributed by atoms with Crippen LogP contribution in [0.3, 0.4) is 0 Å². The van der Waals surface area contributed by atoms with E-state index in [-0.39, 0.29) is 18.1 Å². The molecule has 0 aliphatic heterocycles. The number of nitrogens with one attached hydrogen (secondary N) is 2. The van der Waals surface area contributed by atoms with Crippen molar-refractivity contribution >= 4 is 17.5 Å². The van der Waals surface area contributed by atoms with Gasteiger partial charge in [0.2, 0.25) is 0 Å². The van der Waals surface area contributed by atoms with Crippen molar-refractivity contribution in [3.8, 4) is 17.2 Å². The van der Waals surface area contributed by atoms with Crippen LogP contribution in [-0.4, -0.2) is 39.4 Å². The lowest BCUT2D eigenvalue weighted by atomic mass is 9.98. The molecule has 2 heterocycles. The summed E-state index contributed by atoms with van der Waals surface area (Å²) in [5.41, 5.74) is 3.60. The molecule has 2 N–H and O–H groups in total. The predicted octanol–water partition coefficient (Wildman–Crippen LogP) is 6.12. The average Bonchev–Trinajstić information content (AvgIpc) is 3.68. The molecule has 1 fully saturated rings. The molecule has 0 bridgehead atoms. The number of carbonyl (C=O) groups is 1. The summed E-state index contributed by atoms with van der Waals surface area (Å²) < 4.78 is 1.80. The number of aromatic nitrogens is 3. The summed E-state index contributed by atoms with van der Waals surface area (Å²) in [4.78, 5) is 19.9. The standard InChI is InChI=1S/C30H39N7O/c1-4-6-27(15-12-26(5-2)35-29-16-9-23(17-31)19-32-29)37(30(38)33-18-22-7-8-22)28-13-10-24(11-14-28)25-20-34-36(3)21-25/h9-11,13-14,16,19-22,26-27H,4-8,12,15,18H2,1-3H3,(H,32,35)(H,33,38). The minimum Gasteiger partial charge on any atom is -0.367 e. The van der Waals surface area contributed by atoms with E-state index in [0.717, 1.165) is 61.3 Å². The monoisotopic (exact) mass is 513 g/mol. The number of amides is 2. The van der Waals surface area contributed by atoms with Crippen molar-refractivity contribution in [2.24, 2.45) is 13.0 Å². The van der Waals surface area contributed by atoms with Crippen LogP contribution in [0.4, 0.5) is 16.3 Å². The second kappa shape index (κ2) is 13.1. The van der Waals surface area contributed by atoms with Crippen LogP contribution in [0.5, 0.6) is 0 Å². The maximum Gasteiger partial charge on any atom is 0.322 e. The van der Waals surface area contributed by atoms with Crippen LogP contribution in [0.25, 0.3) is 11.1 Å². The third-order valence-corrected chi connectivity index (χ3v) is 7.21. The minimum absolute atomic E-state index is 0.0146. The van der Waals surface area contributed by atoms with Gasteiger partial charge in [-0.3, -0.25) is 9.58 Å². The van der Waals surface area contributed by atoms with E-state index in [4.69, 9.17) is 5.26 Å². The van der Waals surface area contributed by atoms with Gasteiger partial charge in [0.1, 0.15) is 11.9 Å². The zero-order valence-electron chi connectivity index (χ0n) is 22.7. The van der Waals surface area contributed by atoms with E-state index in [0.29, 0.717) is 11.5 Å². The molecule has 1 aliphatic carbocycles. The number of hydrogen-bond acceptors (Lipinski definition) is 5. The van der Waals surface area contributed by atoms with Gasteiger partial charge >= 0.3 is 6.03 Å². The molecule has 1 saturated carbocycles. The van der Waals surface area contributed by atoms with Crippen LogP contribution in [0.15, 0.2) is 55.0 Å². The van der Waals surface area contributed by atoms with E-state index >= 15 is 0 Å². The highest BCUT2D eigenvalue weighted by atomic mass is 16.2. The Morgan fingerprint density at radius 3 is 2.47 bits per heavy atom. The molecule has 0 radical (unpaired) electrons. The van der Waals surface area contributed by atoms with Crippen LogP contribution >= 0.6 is 0 Å².